The Morgan fingerprint density at radius 1 is 1.12 bits per heavy atom. The lowest BCUT2D eigenvalue weighted by Gasteiger charge is -2.22. The van der Waals surface area contributed by atoms with E-state index in [1.165, 1.54) is 11.3 Å². The van der Waals surface area contributed by atoms with Gasteiger partial charge in [-0.2, -0.15) is 0 Å². The summed E-state index contributed by atoms with van der Waals surface area (Å²) in [6.07, 6.45) is 8.59. The highest BCUT2D eigenvalue weighted by Gasteiger charge is 2.21. The van der Waals surface area contributed by atoms with Crippen molar-refractivity contribution >= 4 is 0 Å². The molecular formula is C13H13N3. The van der Waals surface area contributed by atoms with Crippen LogP contribution in [0.25, 0.3) is 0 Å². The predicted molar refractivity (Wildman–Crippen MR) is 61.0 cm³/mol. The minimum Gasteiger partial charge on any atom is -0.261 e. The molecule has 16 heavy (non-hydrogen) atoms. The van der Waals surface area contributed by atoms with Crippen molar-refractivity contribution in [3.8, 4) is 0 Å². The lowest BCUT2D eigenvalue weighted by Crippen LogP contribution is -2.14. The lowest BCUT2D eigenvalue weighted by atomic mass is 9.84. The van der Waals surface area contributed by atoms with Gasteiger partial charge in [-0.1, -0.05) is 6.07 Å². The van der Waals surface area contributed by atoms with E-state index in [9.17, 15) is 0 Å². The van der Waals surface area contributed by atoms with Gasteiger partial charge in [-0.05, 0) is 37.0 Å². The summed E-state index contributed by atoms with van der Waals surface area (Å²) >= 11 is 0. The quantitative estimate of drug-likeness (QED) is 0.725. The molecule has 3 heteroatoms. The first-order chi connectivity index (χ1) is 7.93. The van der Waals surface area contributed by atoms with Crippen LogP contribution in [0.5, 0.6) is 0 Å². The molecule has 1 aliphatic carbocycles. The van der Waals surface area contributed by atoms with E-state index < -0.39 is 0 Å². The number of rotatable bonds is 1. The number of aromatic nitrogens is 3. The maximum Gasteiger partial charge on any atom is 0.115 e. The first-order valence-electron chi connectivity index (χ1n) is 5.62. The normalized spacial score (nSPS) is 19.1. The molecule has 2 aromatic rings. The van der Waals surface area contributed by atoms with E-state index in [1.54, 1.807) is 6.33 Å². The molecule has 1 atom stereocenters. The van der Waals surface area contributed by atoms with Crippen molar-refractivity contribution in [2.75, 3.05) is 0 Å². The zero-order valence-corrected chi connectivity index (χ0v) is 9.00. The highest BCUT2D eigenvalue weighted by Crippen LogP contribution is 2.30. The largest absolute Gasteiger partial charge is 0.261 e. The summed E-state index contributed by atoms with van der Waals surface area (Å²) in [7, 11) is 0. The molecule has 1 unspecified atom stereocenters. The van der Waals surface area contributed by atoms with Crippen LogP contribution < -0.4 is 0 Å². The predicted octanol–water partition coefficient (Wildman–Crippen LogP) is 2.14. The van der Waals surface area contributed by atoms with Crippen molar-refractivity contribution in [3.05, 3.63) is 53.9 Å². The number of hydrogen-bond donors (Lipinski definition) is 0. The Morgan fingerprint density at radius 2 is 2.12 bits per heavy atom. The summed E-state index contributed by atoms with van der Waals surface area (Å²) in [5, 5.41) is 0. The van der Waals surface area contributed by atoms with Crippen LogP contribution in [0.3, 0.4) is 0 Å². The van der Waals surface area contributed by atoms with Crippen LogP contribution in [0, 0.1) is 0 Å². The molecule has 3 rings (SSSR count). The second-order valence-corrected chi connectivity index (χ2v) is 4.18. The first-order valence-corrected chi connectivity index (χ1v) is 5.62. The standard InChI is InChI=1S/C13H13N3/c1-2-10-8-11(3-4-12(10)15-6-1)13-5-7-14-9-16-13/h1-2,5-7,9,11H,3-4,8H2. The van der Waals surface area contributed by atoms with Gasteiger partial charge in [0.15, 0.2) is 0 Å². The second kappa shape index (κ2) is 4.00. The van der Waals surface area contributed by atoms with E-state index in [2.05, 4.69) is 21.0 Å². The molecule has 1 aliphatic rings. The van der Waals surface area contributed by atoms with E-state index in [4.69, 9.17) is 0 Å². The summed E-state index contributed by atoms with van der Waals surface area (Å²) in [6, 6.07) is 6.21. The van der Waals surface area contributed by atoms with Crippen molar-refractivity contribution in [1.82, 2.24) is 15.0 Å². The van der Waals surface area contributed by atoms with E-state index in [-0.39, 0.29) is 0 Å². The second-order valence-electron chi connectivity index (χ2n) is 4.18. The van der Waals surface area contributed by atoms with Crippen molar-refractivity contribution in [1.29, 1.82) is 0 Å². The molecule has 0 radical (unpaired) electrons. The van der Waals surface area contributed by atoms with Crippen molar-refractivity contribution in [2.24, 2.45) is 0 Å². The zero-order chi connectivity index (χ0) is 10.8. The first kappa shape index (κ1) is 9.46. The van der Waals surface area contributed by atoms with Gasteiger partial charge in [0.2, 0.25) is 0 Å². The Kier molecular flexibility index (Phi) is 2.37. The van der Waals surface area contributed by atoms with Gasteiger partial charge >= 0.3 is 0 Å². The number of aryl methyl sites for hydroxylation is 1. The Hall–Kier alpha value is -1.77. The van der Waals surface area contributed by atoms with Crippen molar-refractivity contribution in [3.63, 3.8) is 0 Å². The third-order valence-corrected chi connectivity index (χ3v) is 3.20. The number of fused-ring (bicyclic) bond motifs is 1. The van der Waals surface area contributed by atoms with Gasteiger partial charge in [0.05, 0.1) is 0 Å². The van der Waals surface area contributed by atoms with E-state index in [0.29, 0.717) is 5.92 Å². The minimum atomic E-state index is 0.527. The fourth-order valence-corrected chi connectivity index (χ4v) is 2.36. The SMILES string of the molecule is c1cnc2c(c1)CC(c1ccncn1)CC2. The molecule has 2 aromatic heterocycles. The fourth-order valence-electron chi connectivity index (χ4n) is 2.36. The molecule has 3 nitrogen and oxygen atoms in total. The maximum absolute atomic E-state index is 4.41. The molecule has 80 valence electrons. The summed E-state index contributed by atoms with van der Waals surface area (Å²) in [5.74, 6) is 0.527. The van der Waals surface area contributed by atoms with E-state index in [0.717, 1.165) is 25.0 Å². The fraction of sp³-hybridized carbons (Fsp3) is 0.308. The minimum absolute atomic E-state index is 0.527. The topological polar surface area (TPSA) is 38.7 Å². The molecule has 0 spiro atoms. The van der Waals surface area contributed by atoms with Crippen LogP contribution in [0.1, 0.15) is 29.3 Å². The molecule has 0 fully saturated rings. The zero-order valence-electron chi connectivity index (χ0n) is 9.00. The molecule has 0 N–H and O–H groups in total. The van der Waals surface area contributed by atoms with Gasteiger partial charge in [0, 0.05) is 29.7 Å². The van der Waals surface area contributed by atoms with Gasteiger partial charge in [-0.15, -0.1) is 0 Å². The molecule has 0 aliphatic heterocycles. The smallest absolute Gasteiger partial charge is 0.115 e. The van der Waals surface area contributed by atoms with Gasteiger partial charge in [-0.3, -0.25) is 4.98 Å². The van der Waals surface area contributed by atoms with Gasteiger partial charge in [0.25, 0.3) is 0 Å². The summed E-state index contributed by atoms with van der Waals surface area (Å²) in [5.41, 5.74) is 3.79. The molecular weight excluding hydrogens is 198 g/mol. The number of hydrogen-bond acceptors (Lipinski definition) is 3. The van der Waals surface area contributed by atoms with Gasteiger partial charge < -0.3 is 0 Å². The van der Waals surface area contributed by atoms with Crippen molar-refractivity contribution < 1.29 is 0 Å². The van der Waals surface area contributed by atoms with Crippen LogP contribution in [-0.4, -0.2) is 15.0 Å². The monoisotopic (exact) mass is 211 g/mol. The summed E-state index contributed by atoms with van der Waals surface area (Å²) < 4.78 is 0. The molecule has 0 saturated carbocycles. The Labute approximate surface area is 94.6 Å². The van der Waals surface area contributed by atoms with Crippen LogP contribution in [0.2, 0.25) is 0 Å². The molecule has 0 saturated heterocycles. The molecule has 0 bridgehead atoms. The average molecular weight is 211 g/mol. The molecule has 0 aromatic carbocycles. The molecule has 0 amide bonds. The Balaban J connectivity index is 1.89. The lowest BCUT2D eigenvalue weighted by molar-refractivity contribution is 0.560. The van der Waals surface area contributed by atoms with Crippen LogP contribution in [0.4, 0.5) is 0 Å². The third kappa shape index (κ3) is 1.69. The van der Waals surface area contributed by atoms with Gasteiger partial charge in [-0.25, -0.2) is 9.97 Å². The Morgan fingerprint density at radius 3 is 3.00 bits per heavy atom. The third-order valence-electron chi connectivity index (χ3n) is 3.20. The number of pyridine rings is 1. The highest BCUT2D eigenvalue weighted by molar-refractivity contribution is 5.26. The van der Waals surface area contributed by atoms with Crippen LogP contribution in [0.15, 0.2) is 36.9 Å². The highest BCUT2D eigenvalue weighted by atomic mass is 14.8. The van der Waals surface area contributed by atoms with Gasteiger partial charge in [0.1, 0.15) is 6.33 Å². The maximum atomic E-state index is 4.41. The van der Waals surface area contributed by atoms with E-state index in [1.807, 2.05) is 24.5 Å². The summed E-state index contributed by atoms with van der Waals surface area (Å²) in [6.45, 7) is 0. The number of nitrogens with zero attached hydrogens (tertiary/aromatic N) is 3. The summed E-state index contributed by atoms with van der Waals surface area (Å²) in [4.78, 5) is 12.7. The van der Waals surface area contributed by atoms with Crippen LogP contribution >= 0.6 is 0 Å². The van der Waals surface area contributed by atoms with Crippen molar-refractivity contribution in [2.45, 2.75) is 25.2 Å². The van der Waals surface area contributed by atoms with E-state index >= 15 is 0 Å². The van der Waals surface area contributed by atoms with Crippen LogP contribution in [-0.2, 0) is 12.8 Å². The Bertz CT molecular complexity index is 482. The average Bonchev–Trinajstić information content (AvgIpc) is 2.39. The molecule has 2 heterocycles.